The van der Waals surface area contributed by atoms with Crippen molar-refractivity contribution < 1.29 is 17.9 Å². The van der Waals surface area contributed by atoms with Crippen LogP contribution in [0.15, 0.2) is 63.9 Å². The summed E-state index contributed by atoms with van der Waals surface area (Å²) in [5, 5.41) is 0. The Morgan fingerprint density at radius 3 is 2.24 bits per heavy atom. The number of amides is 1. The molecule has 0 unspecified atom stereocenters. The number of hydrogen-bond acceptors (Lipinski definition) is 4. The standard InChI is InChI=1S/C25H33N3O4S/c1-18(2)28(19(3)4)24(26-33(30,31)23-13-11-20(5)12-14-23)16-27-22(17-32-25(27)29)15-21-9-7-6-8-10-21/h6-14,18-19,22H,15-17H2,1-5H3/b26-24-/t22-/m0/s1. The summed E-state index contributed by atoms with van der Waals surface area (Å²) in [6.07, 6.45) is 0.164. The zero-order chi connectivity index (χ0) is 24.2. The van der Waals surface area contributed by atoms with Crippen LogP contribution in [0.3, 0.4) is 0 Å². The largest absolute Gasteiger partial charge is 0.447 e. The van der Waals surface area contributed by atoms with Crippen LogP contribution in [0.4, 0.5) is 4.79 Å². The van der Waals surface area contributed by atoms with E-state index in [9.17, 15) is 13.2 Å². The molecular formula is C25H33N3O4S. The lowest BCUT2D eigenvalue weighted by atomic mass is 10.1. The highest BCUT2D eigenvalue weighted by atomic mass is 32.2. The molecule has 1 aliphatic heterocycles. The highest BCUT2D eigenvalue weighted by Crippen LogP contribution is 2.21. The van der Waals surface area contributed by atoms with Gasteiger partial charge in [0.15, 0.2) is 0 Å². The second kappa shape index (κ2) is 10.4. The Morgan fingerprint density at radius 1 is 1.06 bits per heavy atom. The number of aryl methyl sites for hydroxylation is 1. The van der Waals surface area contributed by atoms with Gasteiger partial charge in [0.2, 0.25) is 0 Å². The van der Waals surface area contributed by atoms with E-state index in [2.05, 4.69) is 4.40 Å². The van der Waals surface area contributed by atoms with E-state index in [0.29, 0.717) is 12.3 Å². The molecule has 1 atom stereocenters. The lowest BCUT2D eigenvalue weighted by Gasteiger charge is -2.35. The SMILES string of the molecule is Cc1ccc(S(=O)(=O)/N=C(/CN2C(=O)OC[C@@H]2Cc2ccccc2)N(C(C)C)C(C)C)cc1. The molecule has 1 aliphatic rings. The summed E-state index contributed by atoms with van der Waals surface area (Å²) in [4.78, 5) is 16.3. The third-order valence-corrected chi connectivity index (χ3v) is 6.97. The van der Waals surface area contributed by atoms with E-state index >= 15 is 0 Å². The molecule has 1 amide bonds. The molecule has 0 aliphatic carbocycles. The number of ether oxygens (including phenoxy) is 1. The zero-order valence-corrected chi connectivity index (χ0v) is 20.7. The first-order valence-electron chi connectivity index (χ1n) is 11.2. The van der Waals surface area contributed by atoms with Gasteiger partial charge in [-0.1, -0.05) is 48.0 Å². The molecule has 0 aromatic heterocycles. The Kier molecular flexibility index (Phi) is 7.79. The van der Waals surface area contributed by atoms with Crippen LogP contribution in [0.1, 0.15) is 38.8 Å². The van der Waals surface area contributed by atoms with E-state index in [1.807, 2.05) is 69.9 Å². The van der Waals surface area contributed by atoms with Crippen LogP contribution in [0, 0.1) is 6.92 Å². The Bertz CT molecular complexity index is 1070. The lowest BCUT2D eigenvalue weighted by molar-refractivity contribution is 0.159. The van der Waals surface area contributed by atoms with Gasteiger partial charge in [-0.05, 0) is 58.7 Å². The van der Waals surface area contributed by atoms with Gasteiger partial charge in [0.25, 0.3) is 10.0 Å². The van der Waals surface area contributed by atoms with Crippen LogP contribution in [-0.2, 0) is 21.2 Å². The predicted molar refractivity (Wildman–Crippen MR) is 130 cm³/mol. The van der Waals surface area contributed by atoms with Crippen molar-refractivity contribution in [2.75, 3.05) is 13.2 Å². The molecule has 0 spiro atoms. The van der Waals surface area contributed by atoms with Gasteiger partial charge in [-0.3, -0.25) is 4.90 Å². The molecule has 0 bridgehead atoms. The van der Waals surface area contributed by atoms with Crippen LogP contribution >= 0.6 is 0 Å². The highest BCUT2D eigenvalue weighted by molar-refractivity contribution is 7.90. The summed E-state index contributed by atoms with van der Waals surface area (Å²) in [6, 6.07) is 16.3. The van der Waals surface area contributed by atoms with Crippen LogP contribution in [0.25, 0.3) is 0 Å². The zero-order valence-electron chi connectivity index (χ0n) is 19.9. The molecule has 2 aromatic carbocycles. The van der Waals surface area contributed by atoms with Crippen LogP contribution in [0.2, 0.25) is 0 Å². The fraction of sp³-hybridized carbons (Fsp3) is 0.440. The van der Waals surface area contributed by atoms with Crippen molar-refractivity contribution in [1.29, 1.82) is 0 Å². The van der Waals surface area contributed by atoms with E-state index in [4.69, 9.17) is 4.74 Å². The average Bonchev–Trinajstić information content (AvgIpc) is 3.07. The van der Waals surface area contributed by atoms with Crippen molar-refractivity contribution in [3.05, 3.63) is 65.7 Å². The van der Waals surface area contributed by atoms with Crippen molar-refractivity contribution in [2.24, 2.45) is 4.40 Å². The maximum Gasteiger partial charge on any atom is 0.410 e. The van der Waals surface area contributed by atoms with Crippen molar-refractivity contribution >= 4 is 22.0 Å². The van der Waals surface area contributed by atoms with Gasteiger partial charge in [0.05, 0.1) is 17.5 Å². The molecule has 0 radical (unpaired) electrons. The molecule has 1 fully saturated rings. The number of benzene rings is 2. The molecule has 8 heteroatoms. The first-order valence-corrected chi connectivity index (χ1v) is 12.7. The lowest BCUT2D eigenvalue weighted by Crippen LogP contribution is -2.49. The number of rotatable bonds is 8. The summed E-state index contributed by atoms with van der Waals surface area (Å²) in [5.41, 5.74) is 2.05. The fourth-order valence-corrected chi connectivity index (χ4v) is 5.16. The number of nitrogens with zero attached hydrogens (tertiary/aromatic N) is 3. The second-order valence-corrected chi connectivity index (χ2v) is 10.5. The van der Waals surface area contributed by atoms with Gasteiger partial charge in [0, 0.05) is 12.1 Å². The molecule has 178 valence electrons. The predicted octanol–water partition coefficient (Wildman–Crippen LogP) is 4.26. The number of hydrogen-bond donors (Lipinski definition) is 0. The summed E-state index contributed by atoms with van der Waals surface area (Å²) >= 11 is 0. The number of cyclic esters (lactones) is 1. The van der Waals surface area contributed by atoms with E-state index in [1.165, 1.54) is 0 Å². The molecule has 2 aromatic rings. The van der Waals surface area contributed by atoms with Crippen molar-refractivity contribution in [3.8, 4) is 0 Å². The van der Waals surface area contributed by atoms with Gasteiger partial charge < -0.3 is 9.64 Å². The molecule has 1 saturated heterocycles. The second-order valence-electron chi connectivity index (χ2n) is 8.94. The van der Waals surface area contributed by atoms with E-state index in [1.54, 1.807) is 29.2 Å². The molecule has 7 nitrogen and oxygen atoms in total. The molecule has 3 rings (SSSR count). The topological polar surface area (TPSA) is 79.3 Å². The van der Waals surface area contributed by atoms with Gasteiger partial charge >= 0.3 is 6.09 Å². The smallest absolute Gasteiger partial charge is 0.410 e. The maximum atomic E-state index is 13.2. The number of carbonyl (C=O) groups is 1. The Hall–Kier alpha value is -2.87. The minimum atomic E-state index is -3.96. The van der Waals surface area contributed by atoms with E-state index in [0.717, 1.165) is 11.1 Å². The van der Waals surface area contributed by atoms with Crippen molar-refractivity contribution in [2.45, 2.75) is 64.1 Å². The average molecular weight is 472 g/mol. The summed E-state index contributed by atoms with van der Waals surface area (Å²) < 4.78 is 36.0. The van der Waals surface area contributed by atoms with Crippen LogP contribution in [0.5, 0.6) is 0 Å². The quantitative estimate of drug-likeness (QED) is 0.424. The normalized spacial score (nSPS) is 17.1. The van der Waals surface area contributed by atoms with E-state index < -0.39 is 16.1 Å². The van der Waals surface area contributed by atoms with Crippen molar-refractivity contribution in [3.63, 3.8) is 0 Å². The third kappa shape index (κ3) is 6.13. The fourth-order valence-electron chi connectivity index (χ4n) is 4.14. The summed E-state index contributed by atoms with van der Waals surface area (Å²) in [5.74, 6) is 0.331. The Morgan fingerprint density at radius 2 is 1.67 bits per heavy atom. The first kappa shape index (κ1) is 24.8. The number of sulfonamides is 1. The van der Waals surface area contributed by atoms with Gasteiger partial charge in [-0.15, -0.1) is 4.40 Å². The molecule has 0 N–H and O–H groups in total. The highest BCUT2D eigenvalue weighted by Gasteiger charge is 2.36. The van der Waals surface area contributed by atoms with Gasteiger partial charge in [-0.25, -0.2) is 4.79 Å². The minimum Gasteiger partial charge on any atom is -0.447 e. The maximum absolute atomic E-state index is 13.2. The molecule has 33 heavy (non-hydrogen) atoms. The Balaban J connectivity index is 1.97. The van der Waals surface area contributed by atoms with Gasteiger partial charge in [-0.2, -0.15) is 8.42 Å². The van der Waals surface area contributed by atoms with Gasteiger partial charge in [0.1, 0.15) is 12.4 Å². The third-order valence-electron chi connectivity index (χ3n) is 5.66. The van der Waals surface area contributed by atoms with Crippen LogP contribution < -0.4 is 0 Å². The monoisotopic (exact) mass is 471 g/mol. The Labute approximate surface area is 197 Å². The van der Waals surface area contributed by atoms with Crippen molar-refractivity contribution in [1.82, 2.24) is 9.80 Å². The summed E-state index contributed by atoms with van der Waals surface area (Å²) in [7, 11) is -3.96. The van der Waals surface area contributed by atoms with Crippen LogP contribution in [-0.4, -0.2) is 61.4 Å². The molecule has 0 saturated carbocycles. The first-order chi connectivity index (χ1) is 15.6. The number of amidine groups is 1. The molecular weight excluding hydrogens is 438 g/mol. The number of carbonyl (C=O) groups excluding carboxylic acids is 1. The minimum absolute atomic E-state index is 0.0110. The molecule has 1 heterocycles. The van der Waals surface area contributed by atoms with E-state index in [-0.39, 0.29) is 36.2 Å². The summed E-state index contributed by atoms with van der Waals surface area (Å²) in [6.45, 7) is 10.1.